The number of likely N-dealkylation sites (tertiary alicyclic amines) is 1. The van der Waals surface area contributed by atoms with Gasteiger partial charge in [0.25, 0.3) is 0 Å². The number of hydrogen-bond donors (Lipinski definition) is 2. The van der Waals surface area contributed by atoms with Crippen LogP contribution in [0.25, 0.3) is 0 Å². The summed E-state index contributed by atoms with van der Waals surface area (Å²) in [5.74, 6) is -0.294. The number of rotatable bonds is 6. The maximum atomic E-state index is 13.7. The summed E-state index contributed by atoms with van der Waals surface area (Å²) in [5.41, 5.74) is 6.21. The molecule has 0 spiro atoms. The van der Waals surface area contributed by atoms with Crippen LogP contribution in [0.1, 0.15) is 33.1 Å². The van der Waals surface area contributed by atoms with Gasteiger partial charge < -0.3 is 20.9 Å². The van der Waals surface area contributed by atoms with Gasteiger partial charge in [0.2, 0.25) is 5.91 Å². The van der Waals surface area contributed by atoms with Gasteiger partial charge in [-0.3, -0.25) is 4.79 Å². The van der Waals surface area contributed by atoms with Crippen LogP contribution < -0.4 is 11.1 Å². The number of carbonyl (C=O) groups excluding carboxylic acids is 2. The van der Waals surface area contributed by atoms with Gasteiger partial charge in [-0.2, -0.15) is 0 Å². The first-order valence-electron chi connectivity index (χ1n) is 9.60. The number of halogens is 2. The lowest BCUT2D eigenvalue weighted by atomic mass is 9.96. The van der Waals surface area contributed by atoms with E-state index in [9.17, 15) is 14.0 Å². The minimum atomic E-state index is -0.475. The number of urea groups is 1. The SMILES string of the molecule is CC(C)C(N)CCN(C)C(=O)C1CCCN(C(=O)Nc2ccccc2F)C1.Cl. The quantitative estimate of drug-likeness (QED) is 0.749. The van der Waals surface area contributed by atoms with Crippen LogP contribution in [0, 0.1) is 17.7 Å². The van der Waals surface area contributed by atoms with E-state index in [2.05, 4.69) is 19.2 Å². The lowest BCUT2D eigenvalue weighted by Gasteiger charge is -2.34. The average Bonchev–Trinajstić information content (AvgIpc) is 2.66. The van der Waals surface area contributed by atoms with Gasteiger partial charge in [0.1, 0.15) is 5.82 Å². The molecule has 8 heteroatoms. The van der Waals surface area contributed by atoms with Gasteiger partial charge >= 0.3 is 6.03 Å². The second-order valence-electron chi connectivity index (χ2n) is 7.65. The molecule has 1 saturated heterocycles. The second-order valence-corrected chi connectivity index (χ2v) is 7.65. The number of anilines is 1. The predicted molar refractivity (Wildman–Crippen MR) is 112 cm³/mol. The van der Waals surface area contributed by atoms with Crippen molar-refractivity contribution in [2.24, 2.45) is 17.6 Å². The molecule has 1 heterocycles. The first-order valence-corrected chi connectivity index (χ1v) is 9.60. The van der Waals surface area contributed by atoms with Crippen molar-refractivity contribution in [3.8, 4) is 0 Å². The van der Waals surface area contributed by atoms with Crippen LogP contribution in [0.15, 0.2) is 24.3 Å². The van der Waals surface area contributed by atoms with E-state index in [1.165, 1.54) is 12.1 Å². The predicted octanol–water partition coefficient (Wildman–Crippen LogP) is 3.32. The number of carbonyl (C=O) groups is 2. The van der Waals surface area contributed by atoms with Gasteiger partial charge in [-0.05, 0) is 37.3 Å². The van der Waals surface area contributed by atoms with Crippen molar-refractivity contribution in [1.29, 1.82) is 0 Å². The van der Waals surface area contributed by atoms with E-state index in [1.54, 1.807) is 29.0 Å². The molecule has 0 radical (unpaired) electrons. The smallest absolute Gasteiger partial charge is 0.321 e. The van der Waals surface area contributed by atoms with Gasteiger partial charge in [-0.1, -0.05) is 26.0 Å². The molecular formula is C20H32ClFN4O2. The molecule has 1 aromatic carbocycles. The molecule has 158 valence electrons. The number of nitrogens with zero attached hydrogens (tertiary/aromatic N) is 2. The van der Waals surface area contributed by atoms with Crippen molar-refractivity contribution < 1.29 is 14.0 Å². The highest BCUT2D eigenvalue weighted by molar-refractivity contribution is 5.90. The fourth-order valence-electron chi connectivity index (χ4n) is 3.22. The van der Waals surface area contributed by atoms with Gasteiger partial charge in [0.15, 0.2) is 0 Å². The molecule has 2 unspecified atom stereocenters. The Kier molecular flexibility index (Phi) is 9.69. The van der Waals surface area contributed by atoms with E-state index < -0.39 is 5.82 Å². The molecule has 0 aromatic heterocycles. The third kappa shape index (κ3) is 6.63. The summed E-state index contributed by atoms with van der Waals surface area (Å²) in [5, 5.41) is 2.59. The molecule has 28 heavy (non-hydrogen) atoms. The van der Waals surface area contributed by atoms with Crippen LogP contribution in [0.4, 0.5) is 14.9 Å². The number of nitrogens with two attached hydrogens (primary N) is 1. The van der Waals surface area contributed by atoms with Crippen LogP contribution in [0.3, 0.4) is 0 Å². The maximum Gasteiger partial charge on any atom is 0.321 e. The maximum absolute atomic E-state index is 13.7. The first kappa shape index (κ1) is 24.2. The van der Waals surface area contributed by atoms with Gasteiger partial charge in [-0.25, -0.2) is 9.18 Å². The molecule has 2 atom stereocenters. The fraction of sp³-hybridized carbons (Fsp3) is 0.600. The average molecular weight is 415 g/mol. The Balaban J connectivity index is 0.00000392. The van der Waals surface area contributed by atoms with Crippen LogP contribution >= 0.6 is 12.4 Å². The normalized spacial score (nSPS) is 17.6. The molecular weight excluding hydrogens is 383 g/mol. The molecule has 6 nitrogen and oxygen atoms in total. The Morgan fingerprint density at radius 2 is 2.04 bits per heavy atom. The van der Waals surface area contributed by atoms with Crippen LogP contribution in [0.2, 0.25) is 0 Å². The highest BCUT2D eigenvalue weighted by Crippen LogP contribution is 2.21. The van der Waals surface area contributed by atoms with Crippen LogP contribution in [-0.2, 0) is 4.79 Å². The summed E-state index contributed by atoms with van der Waals surface area (Å²) < 4.78 is 13.7. The van der Waals surface area contributed by atoms with E-state index in [0.29, 0.717) is 25.6 Å². The minimum absolute atomic E-state index is 0. The van der Waals surface area contributed by atoms with E-state index in [1.807, 2.05) is 0 Å². The zero-order valence-electron chi connectivity index (χ0n) is 16.9. The van der Waals surface area contributed by atoms with Crippen LogP contribution in [0.5, 0.6) is 0 Å². The van der Waals surface area contributed by atoms with Gasteiger partial charge in [0, 0.05) is 32.7 Å². The fourth-order valence-corrected chi connectivity index (χ4v) is 3.22. The first-order chi connectivity index (χ1) is 12.8. The molecule has 2 rings (SSSR count). The Bertz CT molecular complexity index is 659. The van der Waals surface area contributed by atoms with Crippen molar-refractivity contribution in [2.75, 3.05) is 32.0 Å². The van der Waals surface area contributed by atoms with Crippen molar-refractivity contribution in [3.05, 3.63) is 30.1 Å². The third-order valence-electron chi connectivity index (χ3n) is 5.20. The summed E-state index contributed by atoms with van der Waals surface area (Å²) in [4.78, 5) is 28.5. The van der Waals surface area contributed by atoms with Crippen molar-refractivity contribution in [3.63, 3.8) is 0 Å². The van der Waals surface area contributed by atoms with E-state index >= 15 is 0 Å². The zero-order chi connectivity index (χ0) is 20.0. The second kappa shape index (κ2) is 11.2. The standard InChI is InChI=1S/C20H31FN4O2.ClH/c1-14(2)17(22)10-12-24(3)19(26)15-7-6-11-25(13-15)20(27)23-18-9-5-4-8-16(18)21;/h4-5,8-9,14-15,17H,6-7,10-13,22H2,1-3H3,(H,23,27);1H. The summed E-state index contributed by atoms with van der Waals surface area (Å²) >= 11 is 0. The van der Waals surface area contributed by atoms with E-state index in [0.717, 1.165) is 19.3 Å². The Hall–Kier alpha value is -1.86. The zero-order valence-corrected chi connectivity index (χ0v) is 17.7. The summed E-state index contributed by atoms with van der Waals surface area (Å²) in [6, 6.07) is 5.75. The number of benzene rings is 1. The molecule has 3 amide bonds. The number of piperidine rings is 1. The molecule has 3 N–H and O–H groups in total. The largest absolute Gasteiger partial charge is 0.345 e. The Morgan fingerprint density at radius 1 is 1.36 bits per heavy atom. The molecule has 1 fully saturated rings. The summed E-state index contributed by atoms with van der Waals surface area (Å²) in [6.45, 7) is 5.65. The van der Waals surface area contributed by atoms with Crippen LogP contribution in [-0.4, -0.2) is 54.5 Å². The number of hydrogen-bond acceptors (Lipinski definition) is 3. The topological polar surface area (TPSA) is 78.7 Å². The van der Waals surface area contributed by atoms with E-state index in [4.69, 9.17) is 5.73 Å². The lowest BCUT2D eigenvalue weighted by molar-refractivity contribution is -0.135. The molecule has 1 aromatic rings. The van der Waals surface area contributed by atoms with Crippen molar-refractivity contribution in [2.45, 2.75) is 39.2 Å². The number of nitrogens with one attached hydrogen (secondary N) is 1. The highest BCUT2D eigenvalue weighted by atomic mass is 35.5. The highest BCUT2D eigenvalue weighted by Gasteiger charge is 2.30. The molecule has 0 bridgehead atoms. The number of amides is 3. The molecule has 0 aliphatic carbocycles. The molecule has 1 aliphatic rings. The van der Waals surface area contributed by atoms with E-state index in [-0.39, 0.29) is 42.0 Å². The monoisotopic (exact) mass is 414 g/mol. The Morgan fingerprint density at radius 3 is 2.68 bits per heavy atom. The summed E-state index contributed by atoms with van der Waals surface area (Å²) in [6.07, 6.45) is 2.26. The van der Waals surface area contributed by atoms with Gasteiger partial charge in [-0.15, -0.1) is 12.4 Å². The Labute approximate surface area is 173 Å². The third-order valence-corrected chi connectivity index (χ3v) is 5.20. The molecule has 0 saturated carbocycles. The van der Waals surface area contributed by atoms with Gasteiger partial charge in [0.05, 0.1) is 11.6 Å². The molecule has 1 aliphatic heterocycles. The lowest BCUT2D eigenvalue weighted by Crippen LogP contribution is -2.47. The summed E-state index contributed by atoms with van der Waals surface area (Å²) in [7, 11) is 1.79. The van der Waals surface area contributed by atoms with Crippen molar-refractivity contribution in [1.82, 2.24) is 9.80 Å². The minimum Gasteiger partial charge on any atom is -0.345 e. The van der Waals surface area contributed by atoms with Crippen molar-refractivity contribution >= 4 is 30.0 Å². The number of para-hydroxylation sites is 1.